The molecule has 5 rings (SSSR count). The molecule has 4 aromatic heterocycles. The predicted molar refractivity (Wildman–Crippen MR) is 129 cm³/mol. The minimum Gasteiger partial charge on any atom is -0.492 e. The Morgan fingerprint density at radius 1 is 1.24 bits per heavy atom. The van der Waals surface area contributed by atoms with E-state index in [0.29, 0.717) is 41.9 Å². The molecule has 0 bridgehead atoms. The second-order valence-corrected chi connectivity index (χ2v) is 9.01. The van der Waals surface area contributed by atoms with E-state index in [1.54, 1.807) is 41.5 Å². The first-order valence-electron chi connectivity index (χ1n) is 12.2. The van der Waals surface area contributed by atoms with Gasteiger partial charge in [0.05, 0.1) is 36.4 Å². The molecule has 0 aliphatic carbocycles. The van der Waals surface area contributed by atoms with Crippen LogP contribution in [0.3, 0.4) is 0 Å². The highest BCUT2D eigenvalue weighted by atomic mass is 19.4. The number of aliphatic hydroxyl groups excluding tert-OH is 1. The molecule has 1 N–H and O–H groups in total. The number of fused-ring (bicyclic) bond motifs is 3. The van der Waals surface area contributed by atoms with E-state index < -0.39 is 24.0 Å². The number of pyridine rings is 1. The van der Waals surface area contributed by atoms with Crippen molar-refractivity contribution in [2.75, 3.05) is 31.8 Å². The number of alkyl halides is 3. The summed E-state index contributed by atoms with van der Waals surface area (Å²) in [4.78, 5) is 9.79. The maximum atomic E-state index is 14.2. The van der Waals surface area contributed by atoms with Gasteiger partial charge in [0, 0.05) is 19.9 Å². The zero-order chi connectivity index (χ0) is 26.3. The standard InChI is InChI=1S/C24H28F3N7O3/c1-4-36-15-8-9-17-19-21(30-34(18-7-5-6-10-37-18)22(19)31-33(17)12-15)20-16(24(25,26)27)11-28-23(29-20)32(3)14(2)13-35/h8-9,11-12,14,18,35H,4-7,10,13H2,1-3H3/t14-,18?/m0/s1. The smallest absolute Gasteiger partial charge is 0.420 e. The SMILES string of the molecule is CCOc1ccc2c3c(-c4nc(N(C)[C@@H](C)CO)ncc4C(F)(F)F)nn(C4CCCCO4)c3nn2c1. The number of anilines is 1. The number of halogens is 3. The first-order valence-corrected chi connectivity index (χ1v) is 12.2. The quantitative estimate of drug-likeness (QED) is 0.390. The van der Waals surface area contributed by atoms with Crippen molar-refractivity contribution in [2.45, 2.75) is 51.6 Å². The van der Waals surface area contributed by atoms with Gasteiger partial charge in [-0.3, -0.25) is 0 Å². The van der Waals surface area contributed by atoms with Crippen LogP contribution in [0.2, 0.25) is 0 Å². The molecule has 4 aromatic rings. The van der Waals surface area contributed by atoms with Gasteiger partial charge in [-0.15, -0.1) is 5.10 Å². The molecule has 13 heteroatoms. The minimum atomic E-state index is -4.72. The summed E-state index contributed by atoms with van der Waals surface area (Å²) in [6.07, 6.45) is -0.281. The van der Waals surface area contributed by atoms with Crippen molar-refractivity contribution in [3.8, 4) is 17.1 Å². The van der Waals surface area contributed by atoms with Crippen LogP contribution in [0, 0.1) is 0 Å². The molecule has 0 amide bonds. The Balaban J connectivity index is 1.79. The molecular weight excluding hydrogens is 491 g/mol. The Morgan fingerprint density at radius 2 is 2.05 bits per heavy atom. The number of likely N-dealkylation sites (N-methyl/N-ethyl adjacent to an activating group) is 1. The van der Waals surface area contributed by atoms with Crippen LogP contribution in [-0.2, 0) is 10.9 Å². The molecular formula is C24H28F3N7O3. The summed E-state index contributed by atoms with van der Waals surface area (Å²) in [7, 11) is 1.61. The van der Waals surface area contributed by atoms with Gasteiger partial charge in [0.1, 0.15) is 22.7 Å². The number of hydrogen-bond acceptors (Lipinski definition) is 8. The van der Waals surface area contributed by atoms with Gasteiger partial charge >= 0.3 is 6.18 Å². The third-order valence-corrected chi connectivity index (χ3v) is 6.53. The fourth-order valence-electron chi connectivity index (χ4n) is 4.40. The predicted octanol–water partition coefficient (Wildman–Crippen LogP) is 4.07. The number of aromatic nitrogens is 6. The van der Waals surface area contributed by atoms with E-state index in [1.165, 1.54) is 4.90 Å². The Kier molecular flexibility index (Phi) is 6.67. The molecule has 1 fully saturated rings. The number of rotatable bonds is 7. The topological polar surface area (TPSA) is 103 Å². The van der Waals surface area contributed by atoms with E-state index in [2.05, 4.69) is 20.2 Å². The fourth-order valence-corrected chi connectivity index (χ4v) is 4.40. The normalized spacial score (nSPS) is 17.4. The largest absolute Gasteiger partial charge is 0.492 e. The number of ether oxygens (including phenoxy) is 2. The maximum absolute atomic E-state index is 14.2. The molecule has 1 saturated heterocycles. The van der Waals surface area contributed by atoms with Crippen molar-refractivity contribution in [1.82, 2.24) is 29.4 Å². The lowest BCUT2D eigenvalue weighted by Gasteiger charge is -2.24. The van der Waals surface area contributed by atoms with Crippen LogP contribution in [0.4, 0.5) is 19.1 Å². The Hall–Kier alpha value is -3.45. The van der Waals surface area contributed by atoms with Gasteiger partial charge in [0.2, 0.25) is 5.95 Å². The molecule has 1 unspecified atom stereocenters. The zero-order valence-electron chi connectivity index (χ0n) is 20.7. The lowest BCUT2D eigenvalue weighted by atomic mass is 10.1. The fraction of sp³-hybridized carbons (Fsp3) is 0.500. The van der Waals surface area contributed by atoms with E-state index >= 15 is 0 Å². The van der Waals surface area contributed by atoms with Crippen LogP contribution in [0.1, 0.15) is 44.9 Å². The number of nitrogens with zero attached hydrogens (tertiary/aromatic N) is 7. The summed E-state index contributed by atoms with van der Waals surface area (Å²) < 4.78 is 57.2. The molecule has 1 aliphatic heterocycles. The lowest BCUT2D eigenvalue weighted by molar-refractivity contribution is -0.137. The Labute approximate surface area is 210 Å². The summed E-state index contributed by atoms with van der Waals surface area (Å²) in [5.74, 6) is 0.617. The molecule has 5 heterocycles. The molecule has 2 atom stereocenters. The highest BCUT2D eigenvalue weighted by molar-refractivity contribution is 6.03. The molecule has 0 spiro atoms. The van der Waals surface area contributed by atoms with Gasteiger partial charge in [-0.25, -0.2) is 19.2 Å². The van der Waals surface area contributed by atoms with Gasteiger partial charge in [-0.1, -0.05) is 0 Å². The van der Waals surface area contributed by atoms with Crippen molar-refractivity contribution in [3.63, 3.8) is 0 Å². The van der Waals surface area contributed by atoms with Crippen molar-refractivity contribution in [1.29, 1.82) is 0 Å². The van der Waals surface area contributed by atoms with E-state index in [0.717, 1.165) is 19.0 Å². The summed E-state index contributed by atoms with van der Waals surface area (Å²) in [6, 6.07) is 3.07. The van der Waals surface area contributed by atoms with Gasteiger partial charge in [0.15, 0.2) is 11.9 Å². The van der Waals surface area contributed by atoms with Crippen molar-refractivity contribution in [2.24, 2.45) is 0 Å². The molecule has 0 aromatic carbocycles. The van der Waals surface area contributed by atoms with Crippen LogP contribution in [0.15, 0.2) is 24.5 Å². The van der Waals surface area contributed by atoms with Crippen LogP contribution < -0.4 is 9.64 Å². The molecule has 1 aliphatic rings. The first kappa shape index (κ1) is 25.2. The average molecular weight is 520 g/mol. The van der Waals surface area contributed by atoms with Gasteiger partial charge in [-0.2, -0.15) is 18.3 Å². The van der Waals surface area contributed by atoms with Crippen LogP contribution >= 0.6 is 0 Å². The van der Waals surface area contributed by atoms with E-state index in [4.69, 9.17) is 9.47 Å². The summed E-state index contributed by atoms with van der Waals surface area (Å²) in [5, 5.41) is 19.2. The monoisotopic (exact) mass is 519 g/mol. The van der Waals surface area contributed by atoms with E-state index in [9.17, 15) is 18.3 Å². The Morgan fingerprint density at radius 3 is 2.73 bits per heavy atom. The van der Waals surface area contributed by atoms with Gasteiger partial charge < -0.3 is 19.5 Å². The second kappa shape index (κ2) is 9.78. The van der Waals surface area contributed by atoms with Crippen molar-refractivity contribution >= 4 is 22.5 Å². The Bertz CT molecular complexity index is 1410. The van der Waals surface area contributed by atoms with Crippen LogP contribution in [0.25, 0.3) is 27.9 Å². The number of hydrogen-bond donors (Lipinski definition) is 1. The highest BCUT2D eigenvalue weighted by Gasteiger charge is 2.38. The van der Waals surface area contributed by atoms with E-state index in [-0.39, 0.29) is 23.9 Å². The molecule has 37 heavy (non-hydrogen) atoms. The number of aliphatic hydroxyl groups is 1. The summed E-state index contributed by atoms with van der Waals surface area (Å²) in [6.45, 7) is 4.35. The summed E-state index contributed by atoms with van der Waals surface area (Å²) >= 11 is 0. The van der Waals surface area contributed by atoms with Gasteiger partial charge in [-0.05, 0) is 45.2 Å². The first-order chi connectivity index (χ1) is 17.7. The molecule has 0 radical (unpaired) electrons. The van der Waals surface area contributed by atoms with Crippen LogP contribution in [0.5, 0.6) is 5.75 Å². The lowest BCUT2D eigenvalue weighted by Crippen LogP contribution is -2.33. The third kappa shape index (κ3) is 4.57. The maximum Gasteiger partial charge on any atom is 0.420 e. The zero-order valence-corrected chi connectivity index (χ0v) is 20.7. The molecule has 0 saturated carbocycles. The molecule has 198 valence electrons. The van der Waals surface area contributed by atoms with E-state index in [1.807, 2.05) is 6.92 Å². The van der Waals surface area contributed by atoms with Crippen molar-refractivity contribution < 1.29 is 27.8 Å². The highest BCUT2D eigenvalue weighted by Crippen LogP contribution is 2.41. The molecule has 10 nitrogen and oxygen atoms in total. The van der Waals surface area contributed by atoms with Crippen molar-refractivity contribution in [3.05, 3.63) is 30.1 Å². The van der Waals surface area contributed by atoms with Crippen LogP contribution in [-0.4, -0.2) is 67.4 Å². The second-order valence-electron chi connectivity index (χ2n) is 9.01. The summed E-state index contributed by atoms with van der Waals surface area (Å²) in [5.41, 5.74) is -0.397. The minimum absolute atomic E-state index is 0.0318. The average Bonchev–Trinajstić information content (AvgIpc) is 3.44. The van der Waals surface area contributed by atoms with Gasteiger partial charge in [0.25, 0.3) is 0 Å². The third-order valence-electron chi connectivity index (χ3n) is 6.53.